The lowest BCUT2D eigenvalue weighted by molar-refractivity contribution is -0.142. The molecule has 1 atom stereocenters. The average Bonchev–Trinajstić information content (AvgIpc) is 2.82. The van der Waals surface area contributed by atoms with Crippen LogP contribution < -0.4 is 10.1 Å². The number of likely N-dealkylation sites (N-methyl/N-ethyl adjacent to an activating group) is 1. The molecular weight excluding hydrogens is 466 g/mol. The second-order valence-electron chi connectivity index (χ2n) is 7.30. The number of rotatable bonds is 9. The van der Waals surface area contributed by atoms with E-state index in [1.807, 2.05) is 30.3 Å². The lowest BCUT2D eigenvalue weighted by Crippen LogP contribution is -2.51. The molecule has 1 N–H and O–H groups in total. The monoisotopic (exact) mass is 488 g/mol. The highest BCUT2D eigenvalue weighted by molar-refractivity contribution is 6.35. The van der Waals surface area contributed by atoms with Crippen LogP contribution in [0.15, 0.2) is 72.8 Å². The van der Waals surface area contributed by atoms with Crippen molar-refractivity contribution in [2.24, 2.45) is 0 Å². The second kappa shape index (κ2) is 11.7. The van der Waals surface area contributed by atoms with Crippen LogP contribution in [0.5, 0.6) is 5.75 Å². The van der Waals surface area contributed by atoms with Gasteiger partial charge >= 0.3 is 0 Å². The van der Waals surface area contributed by atoms with Crippen LogP contribution in [0.1, 0.15) is 11.1 Å². The van der Waals surface area contributed by atoms with Gasteiger partial charge in [-0.2, -0.15) is 0 Å². The van der Waals surface area contributed by atoms with Gasteiger partial charge in [0.15, 0.2) is 6.61 Å². The summed E-state index contributed by atoms with van der Waals surface area (Å²) in [5.41, 5.74) is 1.15. The second-order valence-corrected chi connectivity index (χ2v) is 8.14. The Bertz CT molecular complexity index is 1110. The zero-order chi connectivity index (χ0) is 23.8. The fraction of sp³-hybridized carbons (Fsp3) is 0.200. The highest BCUT2D eigenvalue weighted by Crippen LogP contribution is 2.27. The average molecular weight is 489 g/mol. The molecule has 5 nitrogen and oxygen atoms in total. The van der Waals surface area contributed by atoms with E-state index in [9.17, 15) is 14.0 Å². The van der Waals surface area contributed by atoms with E-state index in [1.165, 1.54) is 24.1 Å². The number of carbonyl (C=O) groups is 2. The molecule has 3 aromatic rings. The number of benzene rings is 3. The normalized spacial score (nSPS) is 11.5. The quantitative estimate of drug-likeness (QED) is 0.466. The zero-order valence-corrected chi connectivity index (χ0v) is 19.4. The Hall–Kier alpha value is -3.09. The maximum absolute atomic E-state index is 14.4. The predicted octanol–water partition coefficient (Wildman–Crippen LogP) is 4.90. The molecule has 0 unspecified atom stereocenters. The molecule has 0 saturated heterocycles. The summed E-state index contributed by atoms with van der Waals surface area (Å²) >= 11 is 12.0. The van der Waals surface area contributed by atoms with E-state index in [2.05, 4.69) is 5.32 Å². The van der Waals surface area contributed by atoms with Gasteiger partial charge in [0.25, 0.3) is 5.91 Å². The molecule has 0 fully saturated rings. The SMILES string of the molecule is CNC(=O)[C@H](Cc1ccccc1)N(Cc1ccccc1F)C(=O)COc1ccc(Cl)cc1Cl. The summed E-state index contributed by atoms with van der Waals surface area (Å²) in [6.45, 7) is -0.494. The smallest absolute Gasteiger partial charge is 0.261 e. The highest BCUT2D eigenvalue weighted by atomic mass is 35.5. The Morgan fingerprint density at radius 3 is 2.39 bits per heavy atom. The molecule has 3 rings (SSSR count). The first-order valence-electron chi connectivity index (χ1n) is 10.2. The van der Waals surface area contributed by atoms with Crippen LogP contribution in [0.4, 0.5) is 4.39 Å². The molecule has 0 aliphatic heterocycles. The van der Waals surface area contributed by atoms with E-state index in [-0.39, 0.29) is 35.2 Å². The van der Waals surface area contributed by atoms with E-state index in [0.29, 0.717) is 5.02 Å². The lowest BCUT2D eigenvalue weighted by Gasteiger charge is -2.31. The van der Waals surface area contributed by atoms with Crippen molar-refractivity contribution in [3.8, 4) is 5.75 Å². The maximum atomic E-state index is 14.4. The molecule has 0 heterocycles. The summed E-state index contributed by atoms with van der Waals surface area (Å²) in [7, 11) is 1.50. The Morgan fingerprint density at radius 1 is 1.03 bits per heavy atom. The van der Waals surface area contributed by atoms with Crippen LogP contribution in [-0.2, 0) is 22.6 Å². The van der Waals surface area contributed by atoms with Crippen LogP contribution in [0, 0.1) is 5.82 Å². The van der Waals surface area contributed by atoms with Crippen molar-refractivity contribution in [1.29, 1.82) is 0 Å². The van der Waals surface area contributed by atoms with Crippen molar-refractivity contribution in [1.82, 2.24) is 10.2 Å². The standard InChI is InChI=1S/C25H23Cl2FN2O3/c1-29-25(32)22(13-17-7-3-2-4-8-17)30(15-18-9-5-6-10-21(18)28)24(31)16-33-23-12-11-19(26)14-20(23)27/h2-12,14,22H,13,15-16H2,1H3,(H,29,32)/t22-/m0/s1. The fourth-order valence-corrected chi connectivity index (χ4v) is 3.81. The maximum Gasteiger partial charge on any atom is 0.261 e. The molecule has 0 radical (unpaired) electrons. The topological polar surface area (TPSA) is 58.6 Å². The van der Waals surface area contributed by atoms with Crippen LogP contribution in [-0.4, -0.2) is 36.4 Å². The lowest BCUT2D eigenvalue weighted by atomic mass is 10.0. The van der Waals surface area contributed by atoms with Crippen molar-refractivity contribution >= 4 is 35.0 Å². The number of nitrogens with zero attached hydrogens (tertiary/aromatic N) is 1. The number of amides is 2. The third kappa shape index (κ3) is 6.70. The van der Waals surface area contributed by atoms with Crippen molar-refractivity contribution < 1.29 is 18.7 Å². The molecule has 8 heteroatoms. The van der Waals surface area contributed by atoms with Crippen LogP contribution in [0.2, 0.25) is 10.0 Å². The molecule has 33 heavy (non-hydrogen) atoms. The first-order chi connectivity index (χ1) is 15.9. The Morgan fingerprint density at radius 2 is 1.73 bits per heavy atom. The number of hydrogen-bond acceptors (Lipinski definition) is 3. The number of halogens is 3. The number of carbonyl (C=O) groups excluding carboxylic acids is 2. The van der Waals surface area contributed by atoms with Crippen molar-refractivity contribution in [2.75, 3.05) is 13.7 Å². The van der Waals surface area contributed by atoms with Gasteiger partial charge in [0.05, 0.1) is 5.02 Å². The Labute approximate surface area is 202 Å². The van der Waals surface area contributed by atoms with Gasteiger partial charge in [-0.05, 0) is 29.8 Å². The molecule has 0 aromatic heterocycles. The first kappa shape index (κ1) is 24.6. The highest BCUT2D eigenvalue weighted by Gasteiger charge is 2.30. The van der Waals surface area contributed by atoms with Crippen molar-refractivity contribution in [2.45, 2.75) is 19.0 Å². The number of hydrogen-bond donors (Lipinski definition) is 1. The zero-order valence-electron chi connectivity index (χ0n) is 17.9. The van der Waals surface area contributed by atoms with Gasteiger partial charge in [-0.15, -0.1) is 0 Å². The first-order valence-corrected chi connectivity index (χ1v) is 11.0. The molecule has 0 saturated carbocycles. The summed E-state index contributed by atoms with van der Waals surface area (Å²) in [5, 5.41) is 3.29. The van der Waals surface area contributed by atoms with Gasteiger partial charge in [0.1, 0.15) is 17.6 Å². The summed E-state index contributed by atoms with van der Waals surface area (Å²) in [4.78, 5) is 27.4. The van der Waals surface area contributed by atoms with E-state index in [0.717, 1.165) is 5.56 Å². The van der Waals surface area contributed by atoms with Crippen LogP contribution >= 0.6 is 23.2 Å². The molecule has 172 valence electrons. The molecule has 0 aliphatic rings. The predicted molar refractivity (Wildman–Crippen MR) is 127 cm³/mol. The minimum Gasteiger partial charge on any atom is -0.482 e. The van der Waals surface area contributed by atoms with Gasteiger partial charge in [0, 0.05) is 30.6 Å². The molecule has 0 spiro atoms. The van der Waals surface area contributed by atoms with Crippen molar-refractivity contribution in [3.63, 3.8) is 0 Å². The molecular formula is C25H23Cl2FN2O3. The van der Waals surface area contributed by atoms with Crippen LogP contribution in [0.25, 0.3) is 0 Å². The van der Waals surface area contributed by atoms with Gasteiger partial charge in [-0.3, -0.25) is 9.59 Å². The number of ether oxygens (including phenoxy) is 1. The summed E-state index contributed by atoms with van der Waals surface area (Å²) in [6, 6.07) is 19.2. The van der Waals surface area contributed by atoms with E-state index in [1.54, 1.807) is 30.3 Å². The molecule has 2 amide bonds. The van der Waals surface area contributed by atoms with Gasteiger partial charge < -0.3 is 15.0 Å². The van der Waals surface area contributed by atoms with Gasteiger partial charge in [-0.1, -0.05) is 71.7 Å². The Kier molecular flexibility index (Phi) is 8.69. The minimum absolute atomic E-state index is 0.103. The van der Waals surface area contributed by atoms with E-state index >= 15 is 0 Å². The Balaban J connectivity index is 1.89. The number of nitrogens with one attached hydrogen (secondary N) is 1. The molecule has 0 bridgehead atoms. The van der Waals surface area contributed by atoms with E-state index in [4.69, 9.17) is 27.9 Å². The third-order valence-electron chi connectivity index (χ3n) is 5.06. The van der Waals surface area contributed by atoms with Crippen LogP contribution in [0.3, 0.4) is 0 Å². The molecule has 0 aliphatic carbocycles. The summed E-state index contributed by atoms with van der Waals surface area (Å²) < 4.78 is 20.0. The summed E-state index contributed by atoms with van der Waals surface area (Å²) in [6.07, 6.45) is 0.252. The molecule has 3 aromatic carbocycles. The van der Waals surface area contributed by atoms with Gasteiger partial charge in [-0.25, -0.2) is 4.39 Å². The summed E-state index contributed by atoms with van der Waals surface area (Å²) in [5.74, 6) is -1.05. The van der Waals surface area contributed by atoms with E-state index < -0.39 is 24.4 Å². The van der Waals surface area contributed by atoms with Gasteiger partial charge in [0.2, 0.25) is 5.91 Å². The minimum atomic E-state index is -0.881. The van der Waals surface area contributed by atoms with Crippen molar-refractivity contribution in [3.05, 3.63) is 99.8 Å². The largest absolute Gasteiger partial charge is 0.482 e. The third-order valence-corrected chi connectivity index (χ3v) is 5.59. The fourth-order valence-electron chi connectivity index (χ4n) is 3.35.